The summed E-state index contributed by atoms with van der Waals surface area (Å²) in [5, 5.41) is 0. The first-order chi connectivity index (χ1) is 7.14. The van der Waals surface area contributed by atoms with Crippen LogP contribution in [0.25, 0.3) is 0 Å². The van der Waals surface area contributed by atoms with Crippen LogP contribution in [0.3, 0.4) is 0 Å². The summed E-state index contributed by atoms with van der Waals surface area (Å²) in [6.07, 6.45) is 0. The molecule has 0 saturated carbocycles. The normalized spacial score (nSPS) is 11.7. The number of rotatable bonds is 9. The number of allylic oxidation sites excluding steroid dienone is 1. The van der Waals surface area contributed by atoms with Gasteiger partial charge in [0.1, 0.15) is 0 Å². The molecular formula is C10H21ClO3Ti. The average molecular weight is 273 g/mol. The number of alkyl halides is 1. The fraction of sp³-hybridized carbons (Fsp3) is 0.800. The van der Waals surface area contributed by atoms with Crippen molar-refractivity contribution < 1.29 is 27.7 Å². The SMILES string of the molecule is C=C(CCl)[CH2][Ti]([O]CC)([O]CC)[O]CC. The molecule has 0 aromatic heterocycles. The fourth-order valence-corrected chi connectivity index (χ4v) is 5.71. The van der Waals surface area contributed by atoms with E-state index in [-0.39, 0.29) is 0 Å². The van der Waals surface area contributed by atoms with Crippen molar-refractivity contribution in [3.63, 3.8) is 0 Å². The van der Waals surface area contributed by atoms with Crippen LogP contribution in [-0.2, 0) is 27.7 Å². The van der Waals surface area contributed by atoms with E-state index in [2.05, 4.69) is 6.58 Å². The van der Waals surface area contributed by atoms with Gasteiger partial charge < -0.3 is 0 Å². The van der Waals surface area contributed by atoms with Crippen LogP contribution >= 0.6 is 11.6 Å². The Kier molecular flexibility index (Phi) is 9.10. The van der Waals surface area contributed by atoms with Gasteiger partial charge in [0.2, 0.25) is 0 Å². The van der Waals surface area contributed by atoms with Crippen LogP contribution in [0.2, 0.25) is 4.73 Å². The Balaban J connectivity index is 4.51. The molecule has 5 heteroatoms. The van der Waals surface area contributed by atoms with Crippen LogP contribution in [0.5, 0.6) is 0 Å². The summed E-state index contributed by atoms with van der Waals surface area (Å²) < 4.78 is 17.8. The molecule has 0 bridgehead atoms. The van der Waals surface area contributed by atoms with Gasteiger partial charge in [0.15, 0.2) is 0 Å². The Hall–Kier alpha value is 0.624. The third kappa shape index (κ3) is 6.05. The van der Waals surface area contributed by atoms with Gasteiger partial charge in [0.25, 0.3) is 0 Å². The van der Waals surface area contributed by atoms with Crippen LogP contribution in [0.15, 0.2) is 12.2 Å². The van der Waals surface area contributed by atoms with Crippen molar-refractivity contribution in [2.45, 2.75) is 25.5 Å². The summed E-state index contributed by atoms with van der Waals surface area (Å²) in [7, 11) is 0. The average Bonchev–Trinajstić information content (AvgIpc) is 2.18. The van der Waals surface area contributed by atoms with E-state index in [1.807, 2.05) is 20.8 Å². The molecule has 0 aliphatic carbocycles. The van der Waals surface area contributed by atoms with Gasteiger partial charge >= 0.3 is 103 Å². The topological polar surface area (TPSA) is 27.7 Å². The van der Waals surface area contributed by atoms with Crippen LogP contribution in [0.1, 0.15) is 20.8 Å². The zero-order valence-corrected chi connectivity index (χ0v) is 12.2. The van der Waals surface area contributed by atoms with E-state index in [0.717, 1.165) is 5.57 Å². The molecular weight excluding hydrogens is 251 g/mol. The predicted octanol–water partition coefficient (Wildman–Crippen LogP) is 3.21. The maximum absolute atomic E-state index is 5.72. The second-order valence-electron chi connectivity index (χ2n) is 3.04. The fourth-order valence-electron chi connectivity index (χ4n) is 1.29. The molecule has 15 heavy (non-hydrogen) atoms. The molecule has 0 unspecified atom stereocenters. The quantitative estimate of drug-likeness (QED) is 0.366. The van der Waals surface area contributed by atoms with E-state index in [1.165, 1.54) is 0 Å². The molecule has 0 aliphatic rings. The Morgan fingerprint density at radius 3 is 1.73 bits per heavy atom. The second kappa shape index (κ2) is 8.74. The summed E-state index contributed by atoms with van der Waals surface area (Å²) in [6.45, 7) is 11.5. The van der Waals surface area contributed by atoms with E-state index in [1.54, 1.807) is 0 Å². The van der Waals surface area contributed by atoms with E-state index < -0.39 is 17.8 Å². The monoisotopic (exact) mass is 272 g/mol. The second-order valence-corrected chi connectivity index (χ2v) is 7.35. The van der Waals surface area contributed by atoms with Crippen molar-refractivity contribution in [2.24, 2.45) is 0 Å². The molecule has 0 atom stereocenters. The Morgan fingerprint density at radius 1 is 1.07 bits per heavy atom. The third-order valence-electron chi connectivity index (χ3n) is 1.75. The molecule has 0 spiro atoms. The van der Waals surface area contributed by atoms with Gasteiger partial charge in [0.05, 0.1) is 0 Å². The van der Waals surface area contributed by atoms with Crippen molar-refractivity contribution in [2.75, 3.05) is 25.7 Å². The summed E-state index contributed by atoms with van der Waals surface area (Å²) in [6, 6.07) is 0. The van der Waals surface area contributed by atoms with Gasteiger partial charge in [-0.1, -0.05) is 0 Å². The first-order valence-corrected chi connectivity index (χ1v) is 8.83. The van der Waals surface area contributed by atoms with Crippen LogP contribution in [0, 0.1) is 0 Å². The summed E-state index contributed by atoms with van der Waals surface area (Å²) in [5.74, 6) is 0.431. The molecule has 0 saturated heterocycles. The van der Waals surface area contributed by atoms with Gasteiger partial charge in [-0.05, 0) is 0 Å². The van der Waals surface area contributed by atoms with E-state index in [9.17, 15) is 0 Å². The van der Waals surface area contributed by atoms with Crippen molar-refractivity contribution in [3.8, 4) is 0 Å². The van der Waals surface area contributed by atoms with E-state index in [0.29, 0.717) is 30.4 Å². The molecule has 0 rings (SSSR count). The zero-order chi connectivity index (χ0) is 11.7. The van der Waals surface area contributed by atoms with Crippen LogP contribution < -0.4 is 0 Å². The van der Waals surface area contributed by atoms with Gasteiger partial charge in [-0.3, -0.25) is 0 Å². The summed E-state index contributed by atoms with van der Waals surface area (Å²) in [5.41, 5.74) is 0.923. The predicted molar refractivity (Wildman–Crippen MR) is 59.5 cm³/mol. The Morgan fingerprint density at radius 2 is 1.47 bits per heavy atom. The molecule has 0 aromatic rings. The molecule has 0 heterocycles. The zero-order valence-electron chi connectivity index (χ0n) is 9.85. The third-order valence-corrected chi connectivity index (χ3v) is 7.00. The first-order valence-electron chi connectivity index (χ1n) is 5.28. The number of hydrogen-bond donors (Lipinski definition) is 0. The van der Waals surface area contributed by atoms with Crippen molar-refractivity contribution in [3.05, 3.63) is 12.2 Å². The van der Waals surface area contributed by atoms with Crippen molar-refractivity contribution in [1.29, 1.82) is 0 Å². The summed E-state index contributed by atoms with van der Waals surface area (Å²) in [4.78, 5) is 0. The molecule has 3 nitrogen and oxygen atoms in total. The number of hydrogen-bond acceptors (Lipinski definition) is 3. The molecule has 0 fully saturated rings. The van der Waals surface area contributed by atoms with Crippen LogP contribution in [-0.4, -0.2) is 25.7 Å². The minimum absolute atomic E-state index is 0.431. The molecule has 0 N–H and O–H groups in total. The molecule has 90 valence electrons. The van der Waals surface area contributed by atoms with Gasteiger partial charge in [-0.15, -0.1) is 0 Å². The standard InChI is InChI=1S/C4H6Cl.3C2H5O.Ti/c1-4(2)3-5;3*1-2-3;/h1-3H2;3*2H2,1H3;/q;3*-1;+3. The van der Waals surface area contributed by atoms with Crippen LogP contribution in [0.4, 0.5) is 0 Å². The maximum atomic E-state index is 5.72. The van der Waals surface area contributed by atoms with E-state index in [4.69, 9.17) is 21.6 Å². The Labute approximate surface area is 103 Å². The van der Waals surface area contributed by atoms with Gasteiger partial charge in [-0.2, -0.15) is 0 Å². The van der Waals surface area contributed by atoms with Gasteiger partial charge in [0, 0.05) is 0 Å². The van der Waals surface area contributed by atoms with Gasteiger partial charge in [-0.25, -0.2) is 0 Å². The summed E-state index contributed by atoms with van der Waals surface area (Å²) >= 11 is 2.61. The molecule has 0 amide bonds. The first kappa shape index (κ1) is 15.6. The number of halogens is 1. The van der Waals surface area contributed by atoms with Crippen molar-refractivity contribution in [1.82, 2.24) is 0 Å². The van der Waals surface area contributed by atoms with Crippen molar-refractivity contribution >= 4 is 11.6 Å². The molecule has 0 aromatic carbocycles. The minimum atomic E-state index is -3.11. The van der Waals surface area contributed by atoms with E-state index >= 15 is 0 Å². The Bertz CT molecular complexity index is 170. The molecule has 0 radical (unpaired) electrons. The molecule has 0 aliphatic heterocycles.